The molecule has 1 unspecified atom stereocenters. The number of fused-ring (bicyclic) bond motifs is 1. The molecule has 10 nitrogen and oxygen atoms in total. The molecule has 4 rings (SSSR count). The third kappa shape index (κ3) is 7.67. The van der Waals surface area contributed by atoms with E-state index in [1.807, 2.05) is 6.92 Å². The van der Waals surface area contributed by atoms with Crippen molar-refractivity contribution in [2.45, 2.75) is 57.7 Å². The molecule has 0 saturated heterocycles. The van der Waals surface area contributed by atoms with Crippen LogP contribution in [0.1, 0.15) is 55.1 Å². The predicted octanol–water partition coefficient (Wildman–Crippen LogP) is 6.18. The Morgan fingerprint density at radius 2 is 1.69 bits per heavy atom. The highest BCUT2D eigenvalue weighted by Gasteiger charge is 2.42. The number of aliphatic hydroxyl groups is 1. The number of aromatic nitrogens is 3. The van der Waals surface area contributed by atoms with Crippen LogP contribution in [-0.2, 0) is 23.6 Å². The summed E-state index contributed by atoms with van der Waals surface area (Å²) in [6, 6.07) is 3.11. The lowest BCUT2D eigenvalue weighted by molar-refractivity contribution is -0.143. The van der Waals surface area contributed by atoms with Crippen LogP contribution in [0.3, 0.4) is 0 Å². The second-order valence-corrected chi connectivity index (χ2v) is 9.97. The summed E-state index contributed by atoms with van der Waals surface area (Å²) < 4.78 is 98.4. The van der Waals surface area contributed by atoms with Gasteiger partial charge in [-0.05, 0) is 49.6 Å². The molecule has 0 aliphatic carbocycles. The summed E-state index contributed by atoms with van der Waals surface area (Å²) >= 11 is 0. The molecule has 1 aromatic carbocycles. The van der Waals surface area contributed by atoms with Crippen LogP contribution in [0.25, 0.3) is 0 Å². The van der Waals surface area contributed by atoms with Crippen LogP contribution in [0.2, 0.25) is 0 Å². The Hall–Kier alpha value is -4.34. The van der Waals surface area contributed by atoms with Gasteiger partial charge in [0.1, 0.15) is 6.61 Å². The van der Waals surface area contributed by atoms with Crippen molar-refractivity contribution < 1.29 is 50.5 Å². The third-order valence-electron chi connectivity index (χ3n) is 7.07. The van der Waals surface area contributed by atoms with Gasteiger partial charge in [0.05, 0.1) is 61.3 Å². The van der Waals surface area contributed by atoms with E-state index in [0.717, 1.165) is 0 Å². The first-order valence-corrected chi connectivity index (χ1v) is 13.9. The molecule has 1 amide bonds. The van der Waals surface area contributed by atoms with Crippen LogP contribution in [0, 0.1) is 0 Å². The molecular weight excluding hydrogens is 612 g/mol. The van der Waals surface area contributed by atoms with Crippen LogP contribution in [0.4, 0.5) is 42.8 Å². The van der Waals surface area contributed by atoms with Crippen molar-refractivity contribution in [2.24, 2.45) is 0 Å². The molecule has 16 heteroatoms. The molecule has 1 aliphatic rings. The lowest BCUT2D eigenvalue weighted by atomic mass is 9.92. The number of rotatable bonds is 10. The minimum absolute atomic E-state index is 0.0571. The van der Waals surface area contributed by atoms with Crippen LogP contribution < -0.4 is 19.3 Å². The van der Waals surface area contributed by atoms with Crippen molar-refractivity contribution in [1.29, 1.82) is 0 Å². The monoisotopic (exact) mass is 643 g/mol. The van der Waals surface area contributed by atoms with E-state index >= 15 is 0 Å². The number of methoxy groups -OCH3 is 1. The number of pyridine rings is 1. The van der Waals surface area contributed by atoms with Gasteiger partial charge >= 0.3 is 18.4 Å². The molecule has 1 N–H and O–H groups in total. The topological polar surface area (TPSA) is 110 Å². The van der Waals surface area contributed by atoms with E-state index in [4.69, 9.17) is 19.3 Å². The van der Waals surface area contributed by atoms with Crippen molar-refractivity contribution in [2.75, 3.05) is 36.7 Å². The standard InChI is InChI=1S/C29H31F6N5O5/c1-4-20-13-23(25-22(6-7-24(38-25)43-3)40(20)27(42)44-5-2)39(26-36-14-21(15-37-26)45-9-8-41)16-17-10-18(28(30,31)32)12-19(11-17)29(33,34)35/h6-7,10-12,14-15,20,23,41H,4-5,8-9,13,16H2,1-3H3/t20-,23?/m1/s1. The lowest BCUT2D eigenvalue weighted by Crippen LogP contribution is -2.48. The molecular formula is C29H31F6N5O5. The zero-order valence-electron chi connectivity index (χ0n) is 24.5. The smallest absolute Gasteiger partial charge is 0.416 e. The highest BCUT2D eigenvalue weighted by Crippen LogP contribution is 2.44. The first kappa shape index (κ1) is 33.6. The normalized spacial score (nSPS) is 16.6. The molecule has 0 spiro atoms. The Bertz CT molecular complexity index is 1440. The number of carbonyl (C=O) groups excluding carboxylic acids is 1. The summed E-state index contributed by atoms with van der Waals surface area (Å²) in [5.74, 6) is 0.275. The Balaban J connectivity index is 1.90. The fourth-order valence-corrected chi connectivity index (χ4v) is 5.07. The molecule has 0 saturated carbocycles. The van der Waals surface area contributed by atoms with Gasteiger partial charge in [0.2, 0.25) is 11.8 Å². The van der Waals surface area contributed by atoms with Gasteiger partial charge in [0.15, 0.2) is 5.75 Å². The first-order valence-electron chi connectivity index (χ1n) is 13.9. The van der Waals surface area contributed by atoms with E-state index in [0.29, 0.717) is 24.2 Å². The Morgan fingerprint density at radius 1 is 1.04 bits per heavy atom. The molecule has 244 valence electrons. The number of nitrogens with zero attached hydrogens (tertiary/aromatic N) is 5. The lowest BCUT2D eigenvalue weighted by Gasteiger charge is -2.43. The van der Waals surface area contributed by atoms with Crippen LogP contribution >= 0.6 is 0 Å². The highest BCUT2D eigenvalue weighted by molar-refractivity contribution is 5.90. The van der Waals surface area contributed by atoms with Crippen molar-refractivity contribution in [3.8, 4) is 11.6 Å². The van der Waals surface area contributed by atoms with Gasteiger partial charge in [0.25, 0.3) is 0 Å². The average Bonchev–Trinajstić information content (AvgIpc) is 3.01. The average molecular weight is 644 g/mol. The number of carbonyl (C=O) groups is 1. The van der Waals surface area contributed by atoms with Gasteiger partial charge in [-0.25, -0.2) is 19.7 Å². The van der Waals surface area contributed by atoms with Crippen LogP contribution in [0.5, 0.6) is 11.6 Å². The van der Waals surface area contributed by atoms with E-state index in [2.05, 4.69) is 15.0 Å². The minimum atomic E-state index is -5.05. The molecule has 0 bridgehead atoms. The minimum Gasteiger partial charge on any atom is -0.488 e. The predicted molar refractivity (Wildman–Crippen MR) is 149 cm³/mol. The second kappa shape index (κ2) is 13.7. The molecule has 2 atom stereocenters. The SMILES string of the molecule is CCOC(=O)N1c2ccc(OC)nc2C(N(Cc2cc(C(F)(F)F)cc(C(F)(F)F)c2)c2ncc(OCCO)cn2)C[C@H]1CC. The summed E-state index contributed by atoms with van der Waals surface area (Å²) in [6.07, 6.45) is -7.65. The van der Waals surface area contributed by atoms with E-state index in [1.165, 1.54) is 35.4 Å². The zero-order valence-corrected chi connectivity index (χ0v) is 24.5. The number of aliphatic hydroxyl groups excluding tert-OH is 1. The van der Waals surface area contributed by atoms with Crippen molar-refractivity contribution in [3.05, 3.63) is 65.1 Å². The zero-order chi connectivity index (χ0) is 32.9. The Kier molecular flexibility index (Phi) is 10.3. The van der Waals surface area contributed by atoms with Gasteiger partial charge in [0, 0.05) is 18.7 Å². The van der Waals surface area contributed by atoms with E-state index in [-0.39, 0.29) is 61.1 Å². The van der Waals surface area contributed by atoms with E-state index in [1.54, 1.807) is 13.0 Å². The van der Waals surface area contributed by atoms with E-state index in [9.17, 15) is 31.1 Å². The number of ether oxygens (including phenoxy) is 3. The molecule has 0 fully saturated rings. The van der Waals surface area contributed by atoms with Crippen molar-refractivity contribution >= 4 is 17.7 Å². The van der Waals surface area contributed by atoms with Gasteiger partial charge in [-0.1, -0.05) is 6.92 Å². The summed E-state index contributed by atoms with van der Waals surface area (Å²) in [7, 11) is 1.37. The molecule has 1 aliphatic heterocycles. The van der Waals surface area contributed by atoms with Crippen molar-refractivity contribution in [1.82, 2.24) is 15.0 Å². The summed E-state index contributed by atoms with van der Waals surface area (Å²) in [5, 5.41) is 9.05. The van der Waals surface area contributed by atoms with Crippen molar-refractivity contribution in [3.63, 3.8) is 0 Å². The van der Waals surface area contributed by atoms with Crippen LogP contribution in [-0.4, -0.2) is 59.1 Å². The van der Waals surface area contributed by atoms with Gasteiger partial charge in [-0.2, -0.15) is 26.3 Å². The molecule has 45 heavy (non-hydrogen) atoms. The number of benzene rings is 1. The summed E-state index contributed by atoms with van der Waals surface area (Å²) in [6.45, 7) is 2.73. The Morgan fingerprint density at radius 3 is 2.22 bits per heavy atom. The molecule has 3 heterocycles. The number of halogens is 6. The molecule has 3 aromatic rings. The number of amides is 1. The third-order valence-corrected chi connectivity index (χ3v) is 7.07. The largest absolute Gasteiger partial charge is 0.488 e. The van der Waals surface area contributed by atoms with E-state index < -0.39 is 48.2 Å². The number of hydrogen-bond acceptors (Lipinski definition) is 9. The number of hydrogen-bond donors (Lipinski definition) is 1. The maximum absolute atomic E-state index is 13.7. The van der Waals surface area contributed by atoms with Gasteiger partial charge in [-0.15, -0.1) is 0 Å². The maximum atomic E-state index is 13.7. The fraction of sp³-hybridized carbons (Fsp3) is 0.448. The number of anilines is 2. The van der Waals surface area contributed by atoms with Gasteiger partial charge < -0.3 is 24.2 Å². The summed E-state index contributed by atoms with van der Waals surface area (Å²) in [4.78, 5) is 29.1. The number of alkyl halides is 6. The fourth-order valence-electron chi connectivity index (χ4n) is 5.07. The highest BCUT2D eigenvalue weighted by atomic mass is 19.4. The molecule has 0 radical (unpaired) electrons. The van der Waals surface area contributed by atoms with Gasteiger partial charge in [-0.3, -0.25) is 4.90 Å². The second-order valence-electron chi connectivity index (χ2n) is 9.97. The molecule has 2 aromatic heterocycles. The quantitative estimate of drug-likeness (QED) is 0.259. The summed E-state index contributed by atoms with van der Waals surface area (Å²) in [5.41, 5.74) is -2.68. The first-order chi connectivity index (χ1) is 21.3. The maximum Gasteiger partial charge on any atom is 0.416 e. The Labute approximate surface area is 254 Å². The van der Waals surface area contributed by atoms with Crippen LogP contribution in [0.15, 0.2) is 42.7 Å².